The smallest absolute Gasteiger partial charge is 0.272 e. The van der Waals surface area contributed by atoms with Crippen molar-refractivity contribution in [3.63, 3.8) is 0 Å². The van der Waals surface area contributed by atoms with Gasteiger partial charge in [-0.15, -0.1) is 0 Å². The van der Waals surface area contributed by atoms with Crippen LogP contribution in [-0.2, 0) is 0 Å². The van der Waals surface area contributed by atoms with Crippen molar-refractivity contribution >= 4 is 12.2 Å². The van der Waals surface area contributed by atoms with Crippen molar-refractivity contribution in [1.82, 2.24) is 14.8 Å². The first-order chi connectivity index (χ1) is 4.79. The predicted octanol–water partition coefficient (Wildman–Crippen LogP) is 0.569. The summed E-state index contributed by atoms with van der Waals surface area (Å²) in [5.41, 5.74) is -0.118. The largest absolute Gasteiger partial charge is 0.342 e. The third kappa shape index (κ3) is 0.740. The van der Waals surface area contributed by atoms with Gasteiger partial charge in [-0.3, -0.25) is 9.67 Å². The van der Waals surface area contributed by atoms with Gasteiger partial charge in [0.05, 0.1) is 0 Å². The molecule has 0 saturated heterocycles. The van der Waals surface area contributed by atoms with Gasteiger partial charge in [0.25, 0.3) is 0 Å². The second-order valence-electron chi connectivity index (χ2n) is 2.46. The maximum atomic E-state index is 10.9. The molecule has 54 valence electrons. The minimum absolute atomic E-state index is 0.118. The van der Waals surface area contributed by atoms with E-state index in [1.54, 1.807) is 4.57 Å². The Hall–Kier alpha value is -0.840. The fourth-order valence-electron chi connectivity index (χ4n) is 0.984. The Morgan fingerprint density at radius 1 is 1.50 bits per heavy atom. The van der Waals surface area contributed by atoms with E-state index in [1.807, 2.05) is 0 Å². The molecule has 0 atom stereocenters. The molecule has 0 unspecified atom stereocenters. The molecule has 0 spiro atoms. The summed E-state index contributed by atoms with van der Waals surface area (Å²) >= 11 is 4.87. The highest BCUT2D eigenvalue weighted by Gasteiger charge is 2.25. The Bertz CT molecular complexity index is 315. The van der Waals surface area contributed by atoms with Gasteiger partial charge in [0.2, 0.25) is 0 Å². The van der Waals surface area contributed by atoms with Gasteiger partial charge in [-0.2, -0.15) is 0 Å². The molecule has 5 heteroatoms. The third-order valence-corrected chi connectivity index (χ3v) is 1.92. The van der Waals surface area contributed by atoms with Crippen molar-refractivity contribution in [2.24, 2.45) is 0 Å². The first-order valence-electron chi connectivity index (χ1n) is 3.18. The van der Waals surface area contributed by atoms with E-state index in [9.17, 15) is 4.79 Å². The zero-order valence-corrected chi connectivity index (χ0v) is 6.07. The van der Waals surface area contributed by atoms with Crippen LogP contribution in [0.15, 0.2) is 4.79 Å². The summed E-state index contributed by atoms with van der Waals surface area (Å²) in [6.07, 6.45) is 2.16. The van der Waals surface area contributed by atoms with Crippen LogP contribution in [0.5, 0.6) is 0 Å². The van der Waals surface area contributed by atoms with Gasteiger partial charge in [-0.05, 0) is 25.1 Å². The molecule has 1 aliphatic rings. The van der Waals surface area contributed by atoms with E-state index in [0.717, 1.165) is 12.8 Å². The van der Waals surface area contributed by atoms with Crippen molar-refractivity contribution in [1.29, 1.82) is 0 Å². The second kappa shape index (κ2) is 1.82. The molecule has 0 amide bonds. The van der Waals surface area contributed by atoms with E-state index in [2.05, 4.69) is 10.2 Å². The Morgan fingerprint density at radius 2 is 2.20 bits per heavy atom. The van der Waals surface area contributed by atoms with E-state index < -0.39 is 0 Å². The summed E-state index contributed by atoms with van der Waals surface area (Å²) in [6, 6.07) is 0.363. The normalized spacial score (nSPS) is 17.6. The van der Waals surface area contributed by atoms with Crippen molar-refractivity contribution < 1.29 is 0 Å². The summed E-state index contributed by atoms with van der Waals surface area (Å²) in [5, 5.41) is 5.04. The lowest BCUT2D eigenvalue weighted by Crippen LogP contribution is -2.15. The van der Waals surface area contributed by atoms with Gasteiger partial charge in [0, 0.05) is 6.04 Å². The van der Waals surface area contributed by atoms with E-state index >= 15 is 0 Å². The summed E-state index contributed by atoms with van der Waals surface area (Å²) in [4.78, 5) is 10.9. The van der Waals surface area contributed by atoms with E-state index in [1.165, 1.54) is 0 Å². The lowest BCUT2D eigenvalue weighted by atomic mass is 10.7. The Morgan fingerprint density at radius 3 is 2.60 bits per heavy atom. The van der Waals surface area contributed by atoms with Gasteiger partial charge in [-0.1, -0.05) is 0 Å². The number of aromatic nitrogens is 3. The minimum atomic E-state index is -0.118. The van der Waals surface area contributed by atoms with Crippen molar-refractivity contribution in [3.8, 4) is 0 Å². The van der Waals surface area contributed by atoms with Crippen LogP contribution in [0.3, 0.4) is 0 Å². The summed E-state index contributed by atoms with van der Waals surface area (Å²) in [5.74, 6) is 0. The molecule has 0 bridgehead atoms. The number of hydrogen-bond donors (Lipinski definition) is 2. The van der Waals surface area contributed by atoms with Crippen LogP contribution in [0.2, 0.25) is 0 Å². The molecular weight excluding hydrogens is 150 g/mol. The monoisotopic (exact) mass is 157 g/mol. The number of nitrogens with one attached hydrogen (secondary N) is 2. The number of aromatic amines is 2. The fourth-order valence-corrected chi connectivity index (χ4v) is 1.27. The second-order valence-corrected chi connectivity index (χ2v) is 2.85. The highest BCUT2D eigenvalue weighted by Crippen LogP contribution is 2.33. The Balaban J connectivity index is 2.65. The van der Waals surface area contributed by atoms with Crippen LogP contribution in [0.4, 0.5) is 0 Å². The van der Waals surface area contributed by atoms with Crippen LogP contribution >= 0.6 is 12.2 Å². The number of rotatable bonds is 1. The van der Waals surface area contributed by atoms with Crippen molar-refractivity contribution in [2.75, 3.05) is 0 Å². The number of hydrogen-bond acceptors (Lipinski definition) is 2. The van der Waals surface area contributed by atoms with Crippen molar-refractivity contribution in [3.05, 3.63) is 15.3 Å². The van der Waals surface area contributed by atoms with Gasteiger partial charge in [-0.25, -0.2) is 9.89 Å². The van der Waals surface area contributed by atoms with Gasteiger partial charge in [0.1, 0.15) is 0 Å². The Labute approximate surface area is 61.9 Å². The molecule has 1 fully saturated rings. The van der Waals surface area contributed by atoms with Gasteiger partial charge < -0.3 is 0 Å². The average Bonchev–Trinajstić information content (AvgIpc) is 2.64. The quantitative estimate of drug-likeness (QED) is 0.585. The predicted molar refractivity (Wildman–Crippen MR) is 38.5 cm³/mol. The first kappa shape index (κ1) is 5.91. The summed E-state index contributed by atoms with van der Waals surface area (Å²) in [7, 11) is 0. The zero-order valence-electron chi connectivity index (χ0n) is 5.26. The van der Waals surface area contributed by atoms with Crippen LogP contribution < -0.4 is 5.69 Å². The SMILES string of the molecule is O=c1[nH][nH]c(=S)n1C1CC1. The van der Waals surface area contributed by atoms with Crippen molar-refractivity contribution in [2.45, 2.75) is 18.9 Å². The standard InChI is InChI=1S/C5H7N3OS/c9-4-6-7-5(10)8(4)3-1-2-3/h3H,1-2H2,(H,6,9)(H,7,10). The maximum absolute atomic E-state index is 10.9. The van der Waals surface area contributed by atoms with Crippen LogP contribution in [0.25, 0.3) is 0 Å². The van der Waals surface area contributed by atoms with E-state index in [0.29, 0.717) is 10.8 Å². The lowest BCUT2D eigenvalue weighted by molar-refractivity contribution is 0.699. The number of nitrogens with zero attached hydrogens (tertiary/aromatic N) is 1. The molecule has 1 heterocycles. The maximum Gasteiger partial charge on any atom is 0.342 e. The highest BCUT2D eigenvalue weighted by molar-refractivity contribution is 7.71. The topological polar surface area (TPSA) is 53.6 Å². The molecular formula is C5H7N3OS. The van der Waals surface area contributed by atoms with E-state index in [-0.39, 0.29) is 5.69 Å². The molecule has 4 nitrogen and oxygen atoms in total. The molecule has 0 radical (unpaired) electrons. The highest BCUT2D eigenvalue weighted by atomic mass is 32.1. The van der Waals surface area contributed by atoms with E-state index in [4.69, 9.17) is 12.2 Å². The molecule has 1 aromatic rings. The molecule has 2 N–H and O–H groups in total. The fraction of sp³-hybridized carbons (Fsp3) is 0.600. The van der Waals surface area contributed by atoms with Crippen LogP contribution in [0.1, 0.15) is 18.9 Å². The molecule has 1 aromatic heterocycles. The van der Waals surface area contributed by atoms with Gasteiger partial charge >= 0.3 is 5.69 Å². The summed E-state index contributed by atoms with van der Waals surface area (Å²) in [6.45, 7) is 0. The van der Waals surface area contributed by atoms with Gasteiger partial charge in [0.15, 0.2) is 4.77 Å². The lowest BCUT2D eigenvalue weighted by Gasteiger charge is -1.90. The average molecular weight is 157 g/mol. The number of H-pyrrole nitrogens is 2. The minimum Gasteiger partial charge on any atom is -0.272 e. The third-order valence-electron chi connectivity index (χ3n) is 1.63. The van der Waals surface area contributed by atoms with Crippen LogP contribution in [-0.4, -0.2) is 14.8 Å². The zero-order chi connectivity index (χ0) is 7.14. The molecule has 10 heavy (non-hydrogen) atoms. The summed E-state index contributed by atoms with van der Waals surface area (Å²) < 4.78 is 2.10. The van der Waals surface area contributed by atoms with Crippen LogP contribution in [0, 0.1) is 4.77 Å². The first-order valence-corrected chi connectivity index (χ1v) is 3.59. The molecule has 0 aliphatic heterocycles. The molecule has 1 saturated carbocycles. The molecule has 2 rings (SSSR count). The molecule has 1 aliphatic carbocycles. The molecule has 0 aromatic carbocycles. The Kier molecular flexibility index (Phi) is 1.08.